The number of carbonyl (C=O) groups is 1. The van der Waals surface area contributed by atoms with E-state index in [1.54, 1.807) is 35.4 Å². The predicted octanol–water partition coefficient (Wildman–Crippen LogP) is 4.53. The highest BCUT2D eigenvalue weighted by Gasteiger charge is 2.18. The van der Waals surface area contributed by atoms with Gasteiger partial charge < -0.3 is 18.8 Å². The van der Waals surface area contributed by atoms with Crippen molar-refractivity contribution in [2.75, 3.05) is 32.9 Å². The van der Waals surface area contributed by atoms with E-state index in [1.165, 1.54) is 4.68 Å². The van der Waals surface area contributed by atoms with E-state index in [9.17, 15) is 9.59 Å². The van der Waals surface area contributed by atoms with Gasteiger partial charge in [0.2, 0.25) is 5.82 Å². The molecule has 0 aliphatic carbocycles. The largest absolute Gasteiger partial charge is 0.483 e. The average Bonchev–Trinajstić information content (AvgIpc) is 3.41. The average molecular weight is 634 g/mol. The quantitative estimate of drug-likeness (QED) is 0.201. The van der Waals surface area contributed by atoms with Crippen molar-refractivity contribution in [3.8, 4) is 17.3 Å². The monoisotopic (exact) mass is 634 g/mol. The maximum atomic E-state index is 13.5. The molecule has 196 valence electrons. The van der Waals surface area contributed by atoms with Crippen molar-refractivity contribution >= 4 is 56.6 Å². The third-order valence-electron chi connectivity index (χ3n) is 6.39. The lowest BCUT2D eigenvalue weighted by molar-refractivity contribution is -0.137. The van der Waals surface area contributed by atoms with Gasteiger partial charge in [-0.25, -0.2) is 4.98 Å². The molecule has 2 aromatic heterocycles. The van der Waals surface area contributed by atoms with Crippen LogP contribution in [0.2, 0.25) is 0 Å². The van der Waals surface area contributed by atoms with E-state index in [-0.39, 0.29) is 18.1 Å². The number of hydrogen-bond acceptors (Lipinski definition) is 7. The molecule has 5 aromatic rings. The van der Waals surface area contributed by atoms with Gasteiger partial charge in [-0.15, -0.1) is 0 Å². The number of hydrogen-bond donors (Lipinski definition) is 0. The van der Waals surface area contributed by atoms with Crippen molar-refractivity contribution in [3.05, 3.63) is 92.3 Å². The first-order chi connectivity index (χ1) is 19.1. The molecule has 3 aromatic carbocycles. The highest BCUT2D eigenvalue weighted by molar-refractivity contribution is 14.1. The van der Waals surface area contributed by atoms with E-state index in [0.29, 0.717) is 60.1 Å². The molecule has 0 bridgehead atoms. The summed E-state index contributed by atoms with van der Waals surface area (Å²) in [6.45, 7) is 2.21. The SMILES string of the molecule is O=C(COc1ccc(C=Nn2c(-c3cc4ccccc4o3)nc3ccccc3c2=O)cc1I)N1CCOCC1. The van der Waals surface area contributed by atoms with E-state index in [0.717, 1.165) is 14.5 Å². The molecule has 39 heavy (non-hydrogen) atoms. The Balaban J connectivity index is 1.29. The van der Waals surface area contributed by atoms with Crippen LogP contribution in [0, 0.1) is 3.57 Å². The Kier molecular flexibility index (Phi) is 7.12. The first kappa shape index (κ1) is 25.3. The molecule has 1 amide bonds. The van der Waals surface area contributed by atoms with Crippen LogP contribution >= 0.6 is 22.6 Å². The van der Waals surface area contributed by atoms with Crippen LogP contribution in [0.4, 0.5) is 0 Å². The maximum absolute atomic E-state index is 13.5. The smallest absolute Gasteiger partial charge is 0.282 e. The van der Waals surface area contributed by atoms with E-state index in [2.05, 4.69) is 27.7 Å². The topological polar surface area (TPSA) is 99.2 Å². The lowest BCUT2D eigenvalue weighted by Crippen LogP contribution is -2.43. The van der Waals surface area contributed by atoms with Gasteiger partial charge in [-0.05, 0) is 70.6 Å². The van der Waals surface area contributed by atoms with Crippen LogP contribution in [-0.2, 0) is 9.53 Å². The van der Waals surface area contributed by atoms with Gasteiger partial charge in [0.25, 0.3) is 11.5 Å². The van der Waals surface area contributed by atoms with E-state index in [1.807, 2.05) is 48.5 Å². The minimum Gasteiger partial charge on any atom is -0.483 e. The first-order valence-electron chi connectivity index (χ1n) is 12.4. The molecule has 1 fully saturated rings. The van der Waals surface area contributed by atoms with Crippen LogP contribution in [0.1, 0.15) is 5.56 Å². The number of para-hydroxylation sites is 2. The van der Waals surface area contributed by atoms with Gasteiger partial charge in [0, 0.05) is 18.5 Å². The number of halogens is 1. The van der Waals surface area contributed by atoms with Gasteiger partial charge in [-0.2, -0.15) is 9.78 Å². The number of amides is 1. The third kappa shape index (κ3) is 5.30. The van der Waals surface area contributed by atoms with Gasteiger partial charge in [0.05, 0.1) is 33.9 Å². The second-order valence-corrected chi connectivity index (χ2v) is 10.1. The van der Waals surface area contributed by atoms with Crippen molar-refractivity contribution in [3.63, 3.8) is 0 Å². The van der Waals surface area contributed by atoms with Crippen molar-refractivity contribution in [1.82, 2.24) is 14.6 Å². The molecular formula is C29H23IN4O5. The van der Waals surface area contributed by atoms with Crippen LogP contribution < -0.4 is 10.3 Å². The molecule has 0 atom stereocenters. The number of aromatic nitrogens is 2. The van der Waals surface area contributed by atoms with Crippen LogP contribution in [-0.4, -0.2) is 59.6 Å². The summed E-state index contributed by atoms with van der Waals surface area (Å²) >= 11 is 2.16. The van der Waals surface area contributed by atoms with Gasteiger partial charge >= 0.3 is 0 Å². The van der Waals surface area contributed by atoms with E-state index >= 15 is 0 Å². The van der Waals surface area contributed by atoms with Gasteiger partial charge in [0.1, 0.15) is 11.3 Å². The molecule has 3 heterocycles. The Morgan fingerprint density at radius 1 is 1.05 bits per heavy atom. The number of benzene rings is 3. The Bertz CT molecular complexity index is 1740. The Labute approximate surface area is 236 Å². The number of nitrogens with zero attached hydrogens (tertiary/aromatic N) is 4. The molecule has 1 saturated heterocycles. The minimum atomic E-state index is -0.302. The summed E-state index contributed by atoms with van der Waals surface area (Å²) in [5.41, 5.74) is 1.71. The standard InChI is InChI=1S/C29H23IN4O5/c30-22-15-19(9-10-25(22)38-18-27(35)33-11-13-37-14-12-33)17-31-34-28(26-16-20-5-1-4-8-24(20)39-26)32-23-7-3-2-6-21(23)29(34)36/h1-10,15-17H,11-14,18H2. The first-order valence-corrected chi connectivity index (χ1v) is 13.5. The molecule has 0 spiro atoms. The van der Waals surface area contributed by atoms with Crippen LogP contribution in [0.5, 0.6) is 5.75 Å². The highest BCUT2D eigenvalue weighted by Crippen LogP contribution is 2.27. The minimum absolute atomic E-state index is 0.0392. The van der Waals surface area contributed by atoms with Crippen molar-refractivity contribution in [2.24, 2.45) is 5.10 Å². The molecule has 6 rings (SSSR count). The summed E-state index contributed by atoms with van der Waals surface area (Å²) < 4.78 is 19.2. The number of morpholine rings is 1. The van der Waals surface area contributed by atoms with Crippen molar-refractivity contribution < 1.29 is 18.7 Å². The molecule has 1 aliphatic heterocycles. The fourth-order valence-electron chi connectivity index (χ4n) is 4.36. The zero-order valence-corrected chi connectivity index (χ0v) is 22.9. The molecule has 0 saturated carbocycles. The zero-order chi connectivity index (χ0) is 26.8. The highest BCUT2D eigenvalue weighted by atomic mass is 127. The maximum Gasteiger partial charge on any atom is 0.282 e. The number of carbonyl (C=O) groups excluding carboxylic acids is 1. The number of fused-ring (bicyclic) bond motifs is 2. The molecule has 0 N–H and O–H groups in total. The molecule has 9 nitrogen and oxygen atoms in total. The number of rotatable bonds is 6. The van der Waals surface area contributed by atoms with Crippen LogP contribution in [0.25, 0.3) is 33.5 Å². The van der Waals surface area contributed by atoms with E-state index < -0.39 is 0 Å². The Morgan fingerprint density at radius 3 is 2.67 bits per heavy atom. The number of ether oxygens (including phenoxy) is 2. The lowest BCUT2D eigenvalue weighted by atomic mass is 10.2. The van der Waals surface area contributed by atoms with Crippen molar-refractivity contribution in [1.29, 1.82) is 0 Å². The van der Waals surface area contributed by atoms with E-state index in [4.69, 9.17) is 18.9 Å². The third-order valence-corrected chi connectivity index (χ3v) is 7.24. The lowest BCUT2D eigenvalue weighted by Gasteiger charge is -2.26. The Hall–Kier alpha value is -4.03. The summed E-state index contributed by atoms with van der Waals surface area (Å²) in [5.74, 6) is 1.28. The second-order valence-electron chi connectivity index (χ2n) is 8.93. The summed E-state index contributed by atoms with van der Waals surface area (Å²) in [5, 5.41) is 5.88. The summed E-state index contributed by atoms with van der Waals surface area (Å²) in [4.78, 5) is 32.3. The van der Waals surface area contributed by atoms with Gasteiger partial charge in [0.15, 0.2) is 12.4 Å². The molecule has 0 radical (unpaired) electrons. The fraction of sp³-hybridized carbons (Fsp3) is 0.172. The van der Waals surface area contributed by atoms with Crippen LogP contribution in [0.3, 0.4) is 0 Å². The molecule has 1 aliphatic rings. The Morgan fingerprint density at radius 2 is 1.85 bits per heavy atom. The molecule has 0 unspecified atom stereocenters. The molecule has 10 heteroatoms. The van der Waals surface area contributed by atoms with Crippen molar-refractivity contribution in [2.45, 2.75) is 0 Å². The summed E-state index contributed by atoms with van der Waals surface area (Å²) in [6, 6.07) is 22.1. The zero-order valence-electron chi connectivity index (χ0n) is 20.7. The van der Waals surface area contributed by atoms with Gasteiger partial charge in [-0.1, -0.05) is 30.3 Å². The summed E-state index contributed by atoms with van der Waals surface area (Å²) in [6.07, 6.45) is 1.59. The predicted molar refractivity (Wildman–Crippen MR) is 156 cm³/mol. The molecular weight excluding hydrogens is 611 g/mol. The van der Waals surface area contributed by atoms with Gasteiger partial charge in [-0.3, -0.25) is 9.59 Å². The summed E-state index contributed by atoms with van der Waals surface area (Å²) in [7, 11) is 0. The second kappa shape index (κ2) is 11.0. The fourth-order valence-corrected chi connectivity index (χ4v) is 5.06. The number of furan rings is 1. The van der Waals surface area contributed by atoms with Crippen LogP contribution in [0.15, 0.2) is 87.1 Å². The normalized spacial score (nSPS) is 13.9.